The van der Waals surface area contributed by atoms with Gasteiger partial charge in [0.05, 0.1) is 4.90 Å². The fourth-order valence-electron chi connectivity index (χ4n) is 1.96. The van der Waals surface area contributed by atoms with Gasteiger partial charge in [-0.1, -0.05) is 15.9 Å². The Kier molecular flexibility index (Phi) is 6.44. The van der Waals surface area contributed by atoms with E-state index in [1.165, 1.54) is 24.3 Å². The zero-order valence-electron chi connectivity index (χ0n) is 13.8. The number of hydrogen-bond acceptors (Lipinski definition) is 4. The predicted octanol–water partition coefficient (Wildman–Crippen LogP) is 3.15. The van der Waals surface area contributed by atoms with Crippen molar-refractivity contribution in [1.29, 1.82) is 0 Å². The molecule has 2 N–H and O–H groups in total. The highest BCUT2D eigenvalue weighted by atomic mass is 79.9. The van der Waals surface area contributed by atoms with Crippen molar-refractivity contribution in [2.24, 2.45) is 0 Å². The first-order chi connectivity index (χ1) is 11.8. The highest BCUT2D eigenvalue weighted by Crippen LogP contribution is 2.20. The summed E-state index contributed by atoms with van der Waals surface area (Å²) < 4.78 is 33.4. The van der Waals surface area contributed by atoms with Gasteiger partial charge < -0.3 is 10.1 Å². The molecule has 2 aromatic rings. The molecule has 25 heavy (non-hydrogen) atoms. The number of hydrogen-bond donors (Lipinski definition) is 2. The lowest BCUT2D eigenvalue weighted by atomic mass is 10.3. The molecule has 0 unspecified atom stereocenters. The highest BCUT2D eigenvalue weighted by Gasteiger charge is 2.14. The molecule has 6 nitrogen and oxygen atoms in total. The van der Waals surface area contributed by atoms with E-state index in [0.29, 0.717) is 11.4 Å². The number of ether oxygens (including phenoxy) is 1. The fraction of sp³-hybridized carbons (Fsp3) is 0.235. The van der Waals surface area contributed by atoms with Crippen molar-refractivity contribution in [1.82, 2.24) is 5.32 Å². The number of sulfonamides is 1. The third kappa shape index (κ3) is 6.06. The van der Waals surface area contributed by atoms with Crippen molar-refractivity contribution in [2.75, 3.05) is 11.3 Å². The van der Waals surface area contributed by atoms with Crippen LogP contribution in [0.15, 0.2) is 57.9 Å². The van der Waals surface area contributed by atoms with Crippen LogP contribution in [0.3, 0.4) is 0 Å². The molecule has 2 aromatic carbocycles. The SMILES string of the molecule is CC(C)NC(=O)COc1ccc(S(=O)(=O)Nc2ccc(Br)cc2)cc1. The normalized spacial score (nSPS) is 11.2. The van der Waals surface area contributed by atoms with Crippen molar-refractivity contribution >= 4 is 37.5 Å². The summed E-state index contributed by atoms with van der Waals surface area (Å²) in [4.78, 5) is 11.6. The van der Waals surface area contributed by atoms with Crippen molar-refractivity contribution in [2.45, 2.75) is 24.8 Å². The summed E-state index contributed by atoms with van der Waals surface area (Å²) in [5.41, 5.74) is 0.467. The summed E-state index contributed by atoms with van der Waals surface area (Å²) in [7, 11) is -3.69. The lowest BCUT2D eigenvalue weighted by Crippen LogP contribution is -2.34. The number of benzene rings is 2. The zero-order chi connectivity index (χ0) is 18.4. The number of amides is 1. The van der Waals surface area contributed by atoms with Gasteiger partial charge in [0, 0.05) is 16.2 Å². The van der Waals surface area contributed by atoms with Crippen molar-refractivity contribution in [3.8, 4) is 5.75 Å². The Morgan fingerprint density at radius 2 is 1.68 bits per heavy atom. The van der Waals surface area contributed by atoms with Gasteiger partial charge in [-0.25, -0.2) is 8.42 Å². The van der Waals surface area contributed by atoms with Gasteiger partial charge in [-0.3, -0.25) is 9.52 Å². The van der Waals surface area contributed by atoms with E-state index in [-0.39, 0.29) is 23.5 Å². The number of rotatable bonds is 7. The third-order valence-electron chi connectivity index (χ3n) is 3.05. The maximum Gasteiger partial charge on any atom is 0.261 e. The van der Waals surface area contributed by atoms with Crippen LogP contribution in [0.1, 0.15) is 13.8 Å². The van der Waals surface area contributed by atoms with E-state index in [9.17, 15) is 13.2 Å². The molecule has 0 aromatic heterocycles. The van der Waals surface area contributed by atoms with Crippen LogP contribution in [0.4, 0.5) is 5.69 Å². The Labute approximate surface area is 155 Å². The topological polar surface area (TPSA) is 84.5 Å². The van der Waals surface area contributed by atoms with Gasteiger partial charge in [-0.05, 0) is 62.4 Å². The van der Waals surface area contributed by atoms with Crippen molar-refractivity contribution < 1.29 is 17.9 Å². The van der Waals surface area contributed by atoms with E-state index in [0.717, 1.165) is 4.47 Å². The molecule has 134 valence electrons. The first-order valence-corrected chi connectivity index (χ1v) is 9.84. The van der Waals surface area contributed by atoms with E-state index < -0.39 is 10.0 Å². The maximum absolute atomic E-state index is 12.4. The molecule has 0 bridgehead atoms. The van der Waals surface area contributed by atoms with Gasteiger partial charge in [0.2, 0.25) is 0 Å². The molecule has 2 rings (SSSR count). The van der Waals surface area contributed by atoms with Crippen LogP contribution >= 0.6 is 15.9 Å². The molecule has 0 saturated heterocycles. The van der Waals surface area contributed by atoms with Crippen LogP contribution in [0, 0.1) is 0 Å². The van der Waals surface area contributed by atoms with Crippen molar-refractivity contribution in [3.63, 3.8) is 0 Å². The molecule has 0 atom stereocenters. The Bertz CT molecular complexity index is 819. The van der Waals surface area contributed by atoms with E-state index >= 15 is 0 Å². The monoisotopic (exact) mass is 426 g/mol. The standard InChI is InChI=1S/C17H19BrN2O4S/c1-12(2)19-17(21)11-24-15-7-9-16(10-8-15)25(22,23)20-14-5-3-13(18)4-6-14/h3-10,12,20H,11H2,1-2H3,(H,19,21). The molecular formula is C17H19BrN2O4S. The van der Waals surface area contributed by atoms with Crippen LogP contribution in [0.5, 0.6) is 5.75 Å². The minimum absolute atomic E-state index is 0.0355. The smallest absolute Gasteiger partial charge is 0.261 e. The molecule has 0 aliphatic rings. The molecular weight excluding hydrogens is 408 g/mol. The van der Waals surface area contributed by atoms with Gasteiger partial charge >= 0.3 is 0 Å². The number of halogens is 1. The van der Waals surface area contributed by atoms with E-state index in [1.54, 1.807) is 24.3 Å². The van der Waals surface area contributed by atoms with Crippen LogP contribution in [0.2, 0.25) is 0 Å². The first kappa shape index (κ1) is 19.3. The fourth-order valence-corrected chi connectivity index (χ4v) is 3.28. The summed E-state index contributed by atoms with van der Waals surface area (Å²) in [5, 5.41) is 2.71. The average Bonchev–Trinajstić information content (AvgIpc) is 2.55. The molecule has 0 spiro atoms. The minimum atomic E-state index is -3.69. The minimum Gasteiger partial charge on any atom is -0.484 e. The maximum atomic E-state index is 12.4. The van der Waals surface area contributed by atoms with Crippen LogP contribution in [-0.4, -0.2) is 27.0 Å². The molecule has 0 heterocycles. The molecule has 8 heteroatoms. The predicted molar refractivity (Wildman–Crippen MR) is 100 cm³/mol. The third-order valence-corrected chi connectivity index (χ3v) is 4.98. The molecule has 0 radical (unpaired) electrons. The average molecular weight is 427 g/mol. The van der Waals surface area contributed by atoms with Gasteiger partial charge in [0.15, 0.2) is 6.61 Å². The van der Waals surface area contributed by atoms with Gasteiger partial charge in [-0.2, -0.15) is 0 Å². The molecule has 0 fully saturated rings. The summed E-state index contributed by atoms with van der Waals surface area (Å²) in [6.07, 6.45) is 0. The highest BCUT2D eigenvalue weighted by molar-refractivity contribution is 9.10. The lowest BCUT2D eigenvalue weighted by molar-refractivity contribution is -0.123. The second-order valence-electron chi connectivity index (χ2n) is 5.59. The largest absolute Gasteiger partial charge is 0.484 e. The number of carbonyl (C=O) groups is 1. The Morgan fingerprint density at radius 3 is 2.24 bits per heavy atom. The first-order valence-electron chi connectivity index (χ1n) is 7.57. The lowest BCUT2D eigenvalue weighted by Gasteiger charge is -2.11. The van der Waals surface area contributed by atoms with Crippen LogP contribution in [-0.2, 0) is 14.8 Å². The Morgan fingerprint density at radius 1 is 1.08 bits per heavy atom. The van der Waals surface area contributed by atoms with Gasteiger partial charge in [0.1, 0.15) is 5.75 Å². The van der Waals surface area contributed by atoms with Gasteiger partial charge in [0.25, 0.3) is 15.9 Å². The summed E-state index contributed by atoms with van der Waals surface area (Å²) in [6.45, 7) is 3.59. The second-order valence-corrected chi connectivity index (χ2v) is 8.19. The zero-order valence-corrected chi connectivity index (χ0v) is 16.2. The molecule has 1 amide bonds. The number of anilines is 1. The summed E-state index contributed by atoms with van der Waals surface area (Å²) in [6, 6.07) is 12.7. The van der Waals surface area contributed by atoms with Crippen LogP contribution in [0.25, 0.3) is 0 Å². The number of carbonyl (C=O) groups excluding carboxylic acids is 1. The quantitative estimate of drug-likeness (QED) is 0.711. The van der Waals surface area contributed by atoms with E-state index in [1.807, 2.05) is 13.8 Å². The number of nitrogens with one attached hydrogen (secondary N) is 2. The summed E-state index contributed by atoms with van der Waals surface area (Å²) >= 11 is 3.30. The van der Waals surface area contributed by atoms with E-state index in [2.05, 4.69) is 26.0 Å². The molecule has 0 saturated carbocycles. The van der Waals surface area contributed by atoms with Crippen LogP contribution < -0.4 is 14.8 Å². The molecule has 0 aliphatic carbocycles. The van der Waals surface area contributed by atoms with Crippen molar-refractivity contribution in [3.05, 3.63) is 53.0 Å². The second kappa shape index (κ2) is 8.35. The van der Waals surface area contributed by atoms with E-state index in [4.69, 9.17) is 4.74 Å². The Hall–Kier alpha value is -2.06. The Balaban J connectivity index is 2.00. The summed E-state index contributed by atoms with van der Waals surface area (Å²) in [5.74, 6) is 0.185. The van der Waals surface area contributed by atoms with Gasteiger partial charge in [-0.15, -0.1) is 0 Å². The molecule has 0 aliphatic heterocycles.